The molecule has 8 heteroatoms. The Morgan fingerprint density at radius 1 is 1.26 bits per heavy atom. The zero-order valence-corrected chi connectivity index (χ0v) is 16.3. The number of nitrogens with one attached hydrogen (secondary N) is 1. The lowest BCUT2D eigenvalue weighted by Gasteiger charge is -2.30. The molecule has 27 heavy (non-hydrogen) atoms. The summed E-state index contributed by atoms with van der Waals surface area (Å²) >= 11 is 0. The Hall–Kier alpha value is -2.22. The highest BCUT2D eigenvalue weighted by atomic mass is 32.2. The lowest BCUT2D eigenvalue weighted by molar-refractivity contribution is -0.143. The molecule has 1 saturated heterocycles. The Labute approximate surface area is 159 Å². The maximum Gasteiger partial charge on any atom is 0.240 e. The van der Waals surface area contributed by atoms with Gasteiger partial charge in [-0.2, -0.15) is 0 Å². The highest BCUT2D eigenvalue weighted by molar-refractivity contribution is 7.91. The molecule has 1 aliphatic carbocycles. The van der Waals surface area contributed by atoms with Crippen molar-refractivity contribution >= 4 is 33.1 Å². The zero-order chi connectivity index (χ0) is 19.8. The van der Waals surface area contributed by atoms with Crippen LogP contribution in [0.4, 0.5) is 5.69 Å². The van der Waals surface area contributed by atoms with Gasteiger partial charge in [-0.05, 0) is 45.2 Å². The summed E-state index contributed by atoms with van der Waals surface area (Å²) in [6.45, 7) is 3.61. The monoisotopic (exact) mass is 392 g/mol. The minimum absolute atomic E-state index is 0.0368. The molecule has 1 aliphatic heterocycles. The van der Waals surface area contributed by atoms with E-state index in [1.807, 2.05) is 0 Å². The van der Waals surface area contributed by atoms with E-state index in [0.717, 1.165) is 0 Å². The van der Waals surface area contributed by atoms with Gasteiger partial charge in [0.05, 0.1) is 11.5 Å². The van der Waals surface area contributed by atoms with E-state index in [9.17, 15) is 22.8 Å². The van der Waals surface area contributed by atoms with Crippen LogP contribution in [0.3, 0.4) is 0 Å². The number of ketones is 1. The summed E-state index contributed by atoms with van der Waals surface area (Å²) in [6.07, 6.45) is 1.31. The van der Waals surface area contributed by atoms with Crippen molar-refractivity contribution in [3.05, 3.63) is 29.8 Å². The molecule has 1 N–H and O–H groups in total. The van der Waals surface area contributed by atoms with Crippen LogP contribution in [0.15, 0.2) is 24.3 Å². The maximum atomic E-state index is 13.1. The summed E-state index contributed by atoms with van der Waals surface area (Å²) in [6, 6.07) is 6.23. The average Bonchev–Trinajstić information content (AvgIpc) is 3.35. The fraction of sp³-hybridized carbons (Fsp3) is 0.526. The Kier molecular flexibility index (Phi) is 5.12. The average molecular weight is 392 g/mol. The Bertz CT molecular complexity index is 889. The van der Waals surface area contributed by atoms with Gasteiger partial charge in [-0.15, -0.1) is 0 Å². The summed E-state index contributed by atoms with van der Waals surface area (Å²) in [5.41, 5.74) is -0.178. The third kappa shape index (κ3) is 3.90. The molecule has 0 radical (unpaired) electrons. The third-order valence-corrected chi connectivity index (χ3v) is 7.12. The van der Waals surface area contributed by atoms with Crippen LogP contribution in [-0.4, -0.2) is 55.0 Å². The summed E-state index contributed by atoms with van der Waals surface area (Å²) < 4.78 is 23.5. The quantitative estimate of drug-likeness (QED) is 0.586. The molecule has 7 nitrogen and oxygen atoms in total. The van der Waals surface area contributed by atoms with E-state index >= 15 is 0 Å². The number of carbonyl (C=O) groups is 3. The van der Waals surface area contributed by atoms with Gasteiger partial charge in [0.1, 0.15) is 5.41 Å². The van der Waals surface area contributed by atoms with Crippen LogP contribution >= 0.6 is 0 Å². The molecule has 2 aliphatic rings. The largest absolute Gasteiger partial charge is 0.338 e. The van der Waals surface area contributed by atoms with E-state index in [1.165, 1.54) is 6.92 Å². The second-order valence-electron chi connectivity index (χ2n) is 7.32. The molecule has 2 fully saturated rings. The minimum Gasteiger partial charge on any atom is -0.338 e. The Balaban J connectivity index is 1.75. The van der Waals surface area contributed by atoms with Crippen molar-refractivity contribution in [2.24, 2.45) is 5.41 Å². The maximum absolute atomic E-state index is 13.1. The predicted molar refractivity (Wildman–Crippen MR) is 101 cm³/mol. The van der Waals surface area contributed by atoms with Crippen molar-refractivity contribution < 1.29 is 22.8 Å². The number of carbonyl (C=O) groups excluding carboxylic acids is 3. The highest BCUT2D eigenvalue weighted by Crippen LogP contribution is 2.48. The standard InChI is InChI=1S/C19H24N2O5S/c1-3-21(16-7-10-27(25,26)12-16)18(24)19(8-9-19)17(23)20-15-6-4-5-14(11-15)13(2)22/h4-6,11,16H,3,7-10,12H2,1-2H3,(H,20,23). The zero-order valence-electron chi connectivity index (χ0n) is 15.5. The summed E-state index contributed by atoms with van der Waals surface area (Å²) in [5, 5.41) is 2.75. The highest BCUT2D eigenvalue weighted by Gasteiger charge is 2.58. The van der Waals surface area contributed by atoms with Gasteiger partial charge >= 0.3 is 0 Å². The molecule has 1 aromatic carbocycles. The van der Waals surface area contributed by atoms with Gasteiger partial charge in [0.25, 0.3) is 0 Å². The fourth-order valence-electron chi connectivity index (χ4n) is 3.59. The number of sulfone groups is 1. The van der Waals surface area contributed by atoms with Gasteiger partial charge in [-0.3, -0.25) is 14.4 Å². The van der Waals surface area contributed by atoms with E-state index in [-0.39, 0.29) is 29.2 Å². The molecule has 0 aromatic heterocycles. The second kappa shape index (κ2) is 7.07. The molecule has 0 spiro atoms. The molecule has 1 unspecified atom stereocenters. The molecule has 1 atom stereocenters. The van der Waals surface area contributed by atoms with Crippen LogP contribution < -0.4 is 5.32 Å². The van der Waals surface area contributed by atoms with Crippen LogP contribution in [0.2, 0.25) is 0 Å². The first kappa shape index (κ1) is 19.5. The van der Waals surface area contributed by atoms with E-state index in [4.69, 9.17) is 0 Å². The van der Waals surface area contributed by atoms with Crippen LogP contribution in [0.1, 0.15) is 43.5 Å². The van der Waals surface area contributed by atoms with Gasteiger partial charge in [-0.1, -0.05) is 12.1 Å². The first-order chi connectivity index (χ1) is 12.7. The molecule has 1 heterocycles. The number of anilines is 1. The summed E-state index contributed by atoms with van der Waals surface area (Å²) in [7, 11) is -3.12. The minimum atomic E-state index is -3.12. The number of rotatable bonds is 6. The molecule has 3 rings (SSSR count). The molecule has 2 amide bonds. The predicted octanol–water partition coefficient (Wildman–Crippen LogP) is 1.64. The lowest BCUT2D eigenvalue weighted by atomic mass is 10.0. The topological polar surface area (TPSA) is 101 Å². The van der Waals surface area contributed by atoms with Crippen LogP contribution in [0.5, 0.6) is 0 Å². The number of hydrogen-bond donors (Lipinski definition) is 1. The van der Waals surface area contributed by atoms with Gasteiger partial charge in [-0.25, -0.2) is 8.42 Å². The number of hydrogen-bond acceptors (Lipinski definition) is 5. The van der Waals surface area contributed by atoms with Gasteiger partial charge in [0.15, 0.2) is 15.6 Å². The normalized spacial score (nSPS) is 22.1. The van der Waals surface area contributed by atoms with Crippen molar-refractivity contribution in [3.8, 4) is 0 Å². The first-order valence-corrected chi connectivity index (χ1v) is 10.9. The van der Waals surface area contributed by atoms with E-state index < -0.39 is 21.2 Å². The molecule has 1 aromatic rings. The van der Waals surface area contributed by atoms with Crippen molar-refractivity contribution in [1.82, 2.24) is 4.90 Å². The third-order valence-electron chi connectivity index (χ3n) is 5.37. The van der Waals surface area contributed by atoms with Gasteiger partial charge in [0, 0.05) is 23.8 Å². The summed E-state index contributed by atoms with van der Waals surface area (Å²) in [5.74, 6) is -0.758. The summed E-state index contributed by atoms with van der Waals surface area (Å²) in [4.78, 5) is 39.0. The van der Waals surface area contributed by atoms with Crippen molar-refractivity contribution in [2.45, 2.75) is 39.2 Å². The van der Waals surface area contributed by atoms with Gasteiger partial charge in [0.2, 0.25) is 11.8 Å². The van der Waals surface area contributed by atoms with Gasteiger partial charge < -0.3 is 10.2 Å². The lowest BCUT2D eigenvalue weighted by Crippen LogP contribution is -2.48. The first-order valence-electron chi connectivity index (χ1n) is 9.12. The van der Waals surface area contributed by atoms with Crippen LogP contribution in [-0.2, 0) is 19.4 Å². The van der Waals surface area contributed by atoms with Crippen molar-refractivity contribution in [3.63, 3.8) is 0 Å². The molecular weight excluding hydrogens is 368 g/mol. The molecular formula is C19H24N2O5S. The number of benzene rings is 1. The number of nitrogens with zero attached hydrogens (tertiary/aromatic N) is 1. The van der Waals surface area contributed by atoms with Crippen LogP contribution in [0, 0.1) is 5.41 Å². The van der Waals surface area contributed by atoms with E-state index in [1.54, 1.807) is 36.1 Å². The smallest absolute Gasteiger partial charge is 0.240 e. The SMILES string of the molecule is CCN(C(=O)C1(C(=O)Nc2cccc(C(C)=O)c2)CC1)C1CCS(=O)(=O)C1. The van der Waals surface area contributed by atoms with Crippen molar-refractivity contribution in [2.75, 3.05) is 23.4 Å². The van der Waals surface area contributed by atoms with Crippen LogP contribution in [0.25, 0.3) is 0 Å². The van der Waals surface area contributed by atoms with E-state index in [2.05, 4.69) is 5.32 Å². The Morgan fingerprint density at radius 3 is 2.48 bits per heavy atom. The molecule has 0 bridgehead atoms. The fourth-order valence-corrected chi connectivity index (χ4v) is 5.32. The molecule has 1 saturated carbocycles. The van der Waals surface area contributed by atoms with Crippen molar-refractivity contribution in [1.29, 1.82) is 0 Å². The van der Waals surface area contributed by atoms with E-state index in [0.29, 0.717) is 37.1 Å². The number of Topliss-reactive ketones (excluding diaryl/α,β-unsaturated/α-hetero) is 1. The Morgan fingerprint density at radius 2 is 1.96 bits per heavy atom. The number of amides is 2. The molecule has 146 valence electrons. The second-order valence-corrected chi connectivity index (χ2v) is 9.55.